The van der Waals surface area contributed by atoms with Crippen molar-refractivity contribution in [2.24, 2.45) is 28.6 Å². The number of fused-ring (bicyclic) bond motifs is 5. The summed E-state index contributed by atoms with van der Waals surface area (Å²) in [6.07, 6.45) is 13.6. The van der Waals surface area contributed by atoms with Gasteiger partial charge >= 0.3 is 5.91 Å². The lowest BCUT2D eigenvalue weighted by Crippen LogP contribution is -2.70. The van der Waals surface area contributed by atoms with E-state index in [0.717, 1.165) is 35.5 Å². The lowest BCUT2D eigenvalue weighted by Gasteiger charge is -2.61. The number of hydrogen-bond donors (Lipinski definition) is 0. The van der Waals surface area contributed by atoms with Gasteiger partial charge in [-0.2, -0.15) is 0 Å². The van der Waals surface area contributed by atoms with Crippen molar-refractivity contribution in [2.75, 3.05) is 6.54 Å². The Labute approximate surface area is 180 Å². The highest BCUT2D eigenvalue weighted by Crippen LogP contribution is 2.65. The van der Waals surface area contributed by atoms with Crippen molar-refractivity contribution in [3.05, 3.63) is 41.4 Å². The molecule has 1 aliphatic heterocycles. The lowest BCUT2D eigenvalue weighted by atomic mass is 9.48. The molecule has 1 amide bonds. The van der Waals surface area contributed by atoms with Crippen molar-refractivity contribution in [3.8, 4) is 0 Å². The summed E-state index contributed by atoms with van der Waals surface area (Å²) in [4.78, 5) is 13.5. The summed E-state index contributed by atoms with van der Waals surface area (Å²) < 4.78 is 0.401. The Morgan fingerprint density at radius 1 is 1.07 bits per heavy atom. The highest BCUT2D eigenvalue weighted by Gasteiger charge is 2.64. The Balaban J connectivity index is 1.61. The number of quaternary nitrogens is 1. The average molecular weight is 413 g/mol. The number of amides is 1. The third-order valence-electron chi connectivity index (χ3n) is 9.80. The third kappa shape index (κ3) is 2.54. The number of carbonyl (C=O) groups excluding carboxylic acids is 1. The van der Waals surface area contributed by atoms with Gasteiger partial charge in [-0.3, -0.25) is 0 Å². The molecule has 1 heterocycles. The second-order valence-electron chi connectivity index (χ2n) is 10.7. The molecule has 0 N–H and O–H groups in total. The first-order valence-electron chi connectivity index (χ1n) is 11.7. The monoisotopic (exact) mass is 412 g/mol. The van der Waals surface area contributed by atoms with E-state index in [0.29, 0.717) is 15.8 Å². The van der Waals surface area contributed by atoms with E-state index >= 15 is 0 Å². The zero-order chi connectivity index (χ0) is 20.4. The van der Waals surface area contributed by atoms with E-state index in [-0.39, 0.29) is 17.4 Å². The first-order chi connectivity index (χ1) is 13.9. The van der Waals surface area contributed by atoms with E-state index in [2.05, 4.69) is 32.9 Å². The minimum absolute atomic E-state index is 0.0654. The van der Waals surface area contributed by atoms with E-state index in [1.807, 2.05) is 24.3 Å². The molecule has 3 heteroatoms. The van der Waals surface area contributed by atoms with Crippen LogP contribution in [0.15, 0.2) is 36.4 Å². The maximum atomic E-state index is 13.5. The predicted molar refractivity (Wildman–Crippen MR) is 121 cm³/mol. The van der Waals surface area contributed by atoms with Gasteiger partial charge in [-0.1, -0.05) is 50.1 Å². The van der Waals surface area contributed by atoms with E-state index in [4.69, 9.17) is 11.6 Å². The fraction of sp³-hybridized carbons (Fsp3) is 0.654. The molecule has 156 valence electrons. The van der Waals surface area contributed by atoms with Gasteiger partial charge in [0.1, 0.15) is 11.1 Å². The minimum atomic E-state index is 0.0654. The SMILES string of the molecule is CC[N+]1(c2ccccc2Cl)C(=O)C=C[C@@]2(C)[C@H]1CC[C@H]1[C@@H]3CCC[C@@]3(C)CC[C@@H]12. The molecule has 0 saturated heterocycles. The van der Waals surface area contributed by atoms with Crippen molar-refractivity contribution < 1.29 is 4.79 Å². The molecule has 1 aromatic carbocycles. The van der Waals surface area contributed by atoms with E-state index < -0.39 is 0 Å². The summed E-state index contributed by atoms with van der Waals surface area (Å²) in [5, 5.41) is 0.731. The van der Waals surface area contributed by atoms with Crippen LogP contribution in [0.5, 0.6) is 0 Å². The second-order valence-corrected chi connectivity index (χ2v) is 11.1. The van der Waals surface area contributed by atoms with Crippen molar-refractivity contribution in [1.29, 1.82) is 0 Å². The molecular weight excluding hydrogens is 378 g/mol. The smallest absolute Gasteiger partial charge is 0.226 e. The molecular formula is C26H35ClNO+. The normalized spacial score (nSPS) is 46.1. The molecule has 0 aromatic heterocycles. The van der Waals surface area contributed by atoms with Crippen LogP contribution in [0.3, 0.4) is 0 Å². The van der Waals surface area contributed by atoms with Crippen LogP contribution in [-0.4, -0.2) is 18.5 Å². The zero-order valence-electron chi connectivity index (χ0n) is 18.2. The van der Waals surface area contributed by atoms with E-state index in [1.54, 1.807) is 0 Å². The van der Waals surface area contributed by atoms with Crippen LogP contribution < -0.4 is 4.48 Å². The summed E-state index contributed by atoms with van der Waals surface area (Å²) in [5.41, 5.74) is 1.63. The standard InChI is InChI=1S/C26H35ClNO/c1-4-28(22-10-6-5-9-21(22)27)23-12-11-18-19-8-7-15-25(19,2)16-13-20(18)26(23,3)17-14-24(28)29/h5-6,9-10,14,17-20,23H,4,7-8,11-13,15-16H2,1-3H3/q+1/t18-,19-,20-,23+,25-,26+,28?/m0/s1. The first-order valence-corrected chi connectivity index (χ1v) is 12.1. The summed E-state index contributed by atoms with van der Waals surface area (Å²) in [6, 6.07) is 8.34. The molecule has 5 rings (SSSR count). The Kier molecular flexibility index (Phi) is 4.57. The van der Waals surface area contributed by atoms with Gasteiger partial charge < -0.3 is 0 Å². The lowest BCUT2D eigenvalue weighted by molar-refractivity contribution is -0.138. The Morgan fingerprint density at radius 2 is 1.86 bits per heavy atom. The fourth-order valence-corrected chi connectivity index (χ4v) is 8.73. The largest absolute Gasteiger partial charge is 0.343 e. The van der Waals surface area contributed by atoms with Crippen LogP contribution in [0, 0.1) is 28.6 Å². The van der Waals surface area contributed by atoms with E-state index in [1.165, 1.54) is 38.5 Å². The summed E-state index contributed by atoms with van der Waals surface area (Å²) in [6.45, 7) is 7.97. The molecule has 0 radical (unpaired) electrons. The zero-order valence-corrected chi connectivity index (χ0v) is 18.9. The van der Waals surface area contributed by atoms with Gasteiger partial charge in [-0.15, -0.1) is 0 Å². The van der Waals surface area contributed by atoms with Crippen molar-refractivity contribution in [1.82, 2.24) is 4.48 Å². The number of benzene rings is 1. The van der Waals surface area contributed by atoms with Gasteiger partial charge in [0, 0.05) is 24.0 Å². The average Bonchev–Trinajstić information content (AvgIpc) is 3.11. The van der Waals surface area contributed by atoms with Crippen LogP contribution in [0.4, 0.5) is 5.69 Å². The fourth-order valence-electron chi connectivity index (χ4n) is 8.44. The predicted octanol–water partition coefficient (Wildman–Crippen LogP) is 6.76. The van der Waals surface area contributed by atoms with Gasteiger partial charge in [0.05, 0.1) is 6.54 Å². The second kappa shape index (κ2) is 6.69. The molecule has 29 heavy (non-hydrogen) atoms. The highest BCUT2D eigenvalue weighted by atomic mass is 35.5. The Hall–Kier alpha value is -1.12. The number of likely N-dealkylation sites (N-methyl/N-ethyl adjacent to an activating group) is 1. The third-order valence-corrected chi connectivity index (χ3v) is 10.1. The van der Waals surface area contributed by atoms with Gasteiger partial charge in [-0.05, 0) is 68.3 Å². The van der Waals surface area contributed by atoms with Gasteiger partial charge in [-0.25, -0.2) is 9.28 Å². The molecule has 2 nitrogen and oxygen atoms in total. The molecule has 3 aliphatic carbocycles. The Bertz CT molecular complexity index is 864. The van der Waals surface area contributed by atoms with Gasteiger partial charge in [0.25, 0.3) is 0 Å². The molecule has 3 saturated carbocycles. The number of carbonyl (C=O) groups is 1. The molecule has 0 spiro atoms. The van der Waals surface area contributed by atoms with Crippen LogP contribution in [-0.2, 0) is 4.79 Å². The van der Waals surface area contributed by atoms with Crippen LogP contribution in [0.25, 0.3) is 0 Å². The number of rotatable bonds is 2. The van der Waals surface area contributed by atoms with E-state index in [9.17, 15) is 4.79 Å². The molecule has 7 atom stereocenters. The topological polar surface area (TPSA) is 17.1 Å². The summed E-state index contributed by atoms with van der Waals surface area (Å²) in [5.74, 6) is 2.60. The van der Waals surface area contributed by atoms with Crippen molar-refractivity contribution in [3.63, 3.8) is 0 Å². The number of nitrogens with zero attached hydrogens (tertiary/aromatic N) is 1. The molecule has 3 fully saturated rings. The number of hydrogen-bond acceptors (Lipinski definition) is 1. The summed E-state index contributed by atoms with van der Waals surface area (Å²) >= 11 is 6.70. The molecule has 0 bridgehead atoms. The van der Waals surface area contributed by atoms with Gasteiger partial charge in [0.2, 0.25) is 0 Å². The van der Waals surface area contributed by atoms with Crippen molar-refractivity contribution >= 4 is 23.2 Å². The van der Waals surface area contributed by atoms with Gasteiger partial charge in [0.15, 0.2) is 5.69 Å². The molecule has 1 aromatic rings. The number of para-hydroxylation sites is 1. The van der Waals surface area contributed by atoms with Crippen LogP contribution in [0.2, 0.25) is 5.02 Å². The van der Waals surface area contributed by atoms with Crippen LogP contribution in [0.1, 0.15) is 65.7 Å². The molecule has 1 unspecified atom stereocenters. The maximum absolute atomic E-state index is 13.5. The highest BCUT2D eigenvalue weighted by molar-refractivity contribution is 6.33. The molecule has 4 aliphatic rings. The number of halogens is 1. The minimum Gasteiger partial charge on any atom is -0.226 e. The Morgan fingerprint density at radius 3 is 2.62 bits per heavy atom. The van der Waals surface area contributed by atoms with Crippen LogP contribution >= 0.6 is 11.6 Å². The quantitative estimate of drug-likeness (QED) is 0.490. The first kappa shape index (κ1) is 19.8. The van der Waals surface area contributed by atoms with Crippen molar-refractivity contribution in [2.45, 2.75) is 71.8 Å². The maximum Gasteiger partial charge on any atom is 0.343 e. The summed E-state index contributed by atoms with van der Waals surface area (Å²) in [7, 11) is 0.